The Bertz CT molecular complexity index is 1140. The van der Waals surface area contributed by atoms with Crippen LogP contribution in [0.2, 0.25) is 5.02 Å². The van der Waals surface area contributed by atoms with Crippen molar-refractivity contribution in [3.05, 3.63) is 64.7 Å². The molecule has 34 heavy (non-hydrogen) atoms. The summed E-state index contributed by atoms with van der Waals surface area (Å²) in [7, 11) is -3.54. The predicted molar refractivity (Wildman–Crippen MR) is 124 cm³/mol. The molecule has 2 fully saturated rings. The molecule has 2 saturated heterocycles. The van der Waals surface area contributed by atoms with Crippen molar-refractivity contribution in [1.29, 1.82) is 0 Å². The molecule has 0 aliphatic carbocycles. The number of benzene rings is 2. The number of carbonyl (C=O) groups excluding carboxylic acids is 1. The minimum atomic E-state index is -4.52. The number of sulfonamides is 1. The predicted octanol–water partition coefficient (Wildman–Crippen LogP) is 5.16. The number of rotatable bonds is 6. The van der Waals surface area contributed by atoms with E-state index in [-0.39, 0.29) is 18.8 Å². The van der Waals surface area contributed by atoms with Crippen molar-refractivity contribution in [1.82, 2.24) is 9.21 Å². The molecular weight excluding hydrogens is 491 g/mol. The second kappa shape index (κ2) is 9.75. The average molecular weight is 516 g/mol. The van der Waals surface area contributed by atoms with Crippen molar-refractivity contribution >= 4 is 33.3 Å². The van der Waals surface area contributed by atoms with Crippen LogP contribution in [0.15, 0.2) is 48.5 Å². The molecule has 0 bridgehead atoms. The monoisotopic (exact) mass is 515 g/mol. The maximum atomic E-state index is 13.3. The van der Waals surface area contributed by atoms with Gasteiger partial charge < -0.3 is 4.90 Å². The number of hydrogen-bond donors (Lipinski definition) is 0. The van der Waals surface area contributed by atoms with E-state index in [4.69, 9.17) is 11.6 Å². The summed E-state index contributed by atoms with van der Waals surface area (Å²) < 4.78 is 67.0. The van der Waals surface area contributed by atoms with E-state index < -0.39 is 33.8 Å². The van der Waals surface area contributed by atoms with Crippen molar-refractivity contribution in [2.75, 3.05) is 36.8 Å². The van der Waals surface area contributed by atoms with Gasteiger partial charge in [-0.3, -0.25) is 4.90 Å². The largest absolute Gasteiger partial charge is 0.416 e. The summed E-state index contributed by atoms with van der Waals surface area (Å²) in [5.74, 6) is -0.234. The van der Waals surface area contributed by atoms with E-state index in [0.717, 1.165) is 31.4 Å². The minimum Gasteiger partial charge on any atom is -0.321 e. The fourth-order valence-corrected chi connectivity index (χ4v) is 6.06. The van der Waals surface area contributed by atoms with Crippen LogP contribution in [0.4, 0.5) is 23.7 Å². The second-order valence-electron chi connectivity index (χ2n) is 8.49. The van der Waals surface area contributed by atoms with E-state index in [0.29, 0.717) is 29.4 Å². The molecular formula is C23H25ClF3N3O3S. The van der Waals surface area contributed by atoms with E-state index >= 15 is 0 Å². The minimum absolute atomic E-state index is 0.0444. The SMILES string of the molecule is O=C1N(CCS(=O)(=O)N2CCCCC2)C[C@H](c2cccc(C(F)(F)F)c2)N1c1ccc(Cl)cc1. The smallest absolute Gasteiger partial charge is 0.321 e. The zero-order valence-electron chi connectivity index (χ0n) is 18.3. The molecule has 2 aliphatic heterocycles. The molecule has 184 valence electrons. The van der Waals surface area contributed by atoms with Crippen LogP contribution in [-0.4, -0.2) is 55.6 Å². The van der Waals surface area contributed by atoms with Gasteiger partial charge in [-0.05, 0) is 54.8 Å². The number of amides is 2. The van der Waals surface area contributed by atoms with E-state index in [2.05, 4.69) is 0 Å². The lowest BCUT2D eigenvalue weighted by atomic mass is 10.0. The fraction of sp³-hybridized carbons (Fsp3) is 0.435. The molecule has 4 rings (SSSR count). The number of alkyl halides is 3. The lowest BCUT2D eigenvalue weighted by Gasteiger charge is -2.27. The summed E-state index contributed by atoms with van der Waals surface area (Å²) in [6.07, 6.45) is -1.91. The van der Waals surface area contributed by atoms with Crippen LogP contribution < -0.4 is 4.90 Å². The van der Waals surface area contributed by atoms with Gasteiger partial charge in [0.25, 0.3) is 0 Å². The standard InChI is InChI=1S/C23H25ClF3N3O3S/c24-19-7-9-20(10-8-19)30-21(17-5-4-6-18(15-17)23(25,26)27)16-28(22(30)31)13-14-34(32,33)29-11-2-1-3-12-29/h4-10,15,21H,1-3,11-14,16H2/t21-/m1/s1. The topological polar surface area (TPSA) is 60.9 Å². The second-order valence-corrected chi connectivity index (χ2v) is 11.0. The van der Waals surface area contributed by atoms with Crippen LogP contribution >= 0.6 is 11.6 Å². The van der Waals surface area contributed by atoms with Crippen molar-refractivity contribution < 1.29 is 26.4 Å². The first-order valence-electron chi connectivity index (χ1n) is 11.0. The van der Waals surface area contributed by atoms with E-state index in [1.807, 2.05) is 0 Å². The van der Waals surface area contributed by atoms with Crippen LogP contribution in [0.3, 0.4) is 0 Å². The van der Waals surface area contributed by atoms with Gasteiger partial charge in [-0.15, -0.1) is 0 Å². The van der Waals surface area contributed by atoms with Gasteiger partial charge in [-0.1, -0.05) is 30.2 Å². The van der Waals surface area contributed by atoms with Crippen LogP contribution in [0.5, 0.6) is 0 Å². The maximum absolute atomic E-state index is 13.3. The number of halogens is 4. The molecule has 2 aromatic carbocycles. The molecule has 0 aromatic heterocycles. The highest BCUT2D eigenvalue weighted by molar-refractivity contribution is 7.89. The lowest BCUT2D eigenvalue weighted by molar-refractivity contribution is -0.137. The third-order valence-corrected chi connectivity index (χ3v) is 8.32. The number of anilines is 1. The molecule has 2 aromatic rings. The van der Waals surface area contributed by atoms with E-state index in [1.54, 1.807) is 30.3 Å². The van der Waals surface area contributed by atoms with Crippen LogP contribution in [-0.2, 0) is 16.2 Å². The van der Waals surface area contributed by atoms with Gasteiger partial charge in [0.2, 0.25) is 10.0 Å². The number of carbonyl (C=O) groups is 1. The molecule has 2 amide bonds. The highest BCUT2D eigenvalue weighted by atomic mass is 35.5. The van der Waals surface area contributed by atoms with Crippen molar-refractivity contribution in [3.8, 4) is 0 Å². The van der Waals surface area contributed by atoms with Crippen molar-refractivity contribution in [3.63, 3.8) is 0 Å². The molecule has 6 nitrogen and oxygen atoms in total. The Morgan fingerprint density at radius 2 is 1.68 bits per heavy atom. The average Bonchev–Trinajstić information content (AvgIpc) is 3.15. The van der Waals surface area contributed by atoms with Crippen molar-refractivity contribution in [2.45, 2.75) is 31.5 Å². The third kappa shape index (κ3) is 5.34. The van der Waals surface area contributed by atoms with Gasteiger partial charge >= 0.3 is 12.2 Å². The van der Waals surface area contributed by atoms with Gasteiger partial charge in [-0.25, -0.2) is 17.5 Å². The van der Waals surface area contributed by atoms with Crippen LogP contribution in [0, 0.1) is 0 Å². The normalized spacial score (nSPS) is 20.2. The maximum Gasteiger partial charge on any atom is 0.416 e. The van der Waals surface area contributed by atoms with E-state index in [1.165, 1.54) is 20.2 Å². The van der Waals surface area contributed by atoms with E-state index in [9.17, 15) is 26.4 Å². The number of urea groups is 1. The van der Waals surface area contributed by atoms with Crippen LogP contribution in [0.1, 0.15) is 36.4 Å². The van der Waals surface area contributed by atoms with Crippen LogP contribution in [0.25, 0.3) is 0 Å². The summed E-state index contributed by atoms with van der Waals surface area (Å²) in [5.41, 5.74) is -0.0163. The Labute approximate surface area is 201 Å². The fourth-order valence-electron chi connectivity index (χ4n) is 4.41. The first kappa shape index (κ1) is 24.8. The molecule has 1 atom stereocenters. The molecule has 0 N–H and O–H groups in total. The number of piperidine rings is 1. The first-order chi connectivity index (χ1) is 16.1. The summed E-state index contributed by atoms with van der Waals surface area (Å²) >= 11 is 5.97. The zero-order valence-corrected chi connectivity index (χ0v) is 19.9. The van der Waals surface area contributed by atoms with Gasteiger partial charge in [0.05, 0.1) is 17.4 Å². The van der Waals surface area contributed by atoms with Gasteiger partial charge in [0, 0.05) is 36.9 Å². The Morgan fingerprint density at radius 3 is 2.32 bits per heavy atom. The zero-order chi connectivity index (χ0) is 24.5. The highest BCUT2D eigenvalue weighted by Crippen LogP contribution is 2.37. The molecule has 0 unspecified atom stereocenters. The third-order valence-electron chi connectivity index (χ3n) is 6.21. The first-order valence-corrected chi connectivity index (χ1v) is 13.0. The van der Waals surface area contributed by atoms with Gasteiger partial charge in [-0.2, -0.15) is 13.2 Å². The Balaban J connectivity index is 1.61. The molecule has 11 heteroatoms. The van der Waals surface area contributed by atoms with Crippen molar-refractivity contribution in [2.24, 2.45) is 0 Å². The summed E-state index contributed by atoms with van der Waals surface area (Å²) in [6.45, 7) is 0.968. The molecule has 0 radical (unpaired) electrons. The Morgan fingerprint density at radius 1 is 1.00 bits per heavy atom. The van der Waals surface area contributed by atoms with Gasteiger partial charge in [0.1, 0.15) is 0 Å². The summed E-state index contributed by atoms with van der Waals surface area (Å²) in [5, 5.41) is 0.454. The molecule has 2 heterocycles. The molecule has 0 spiro atoms. The van der Waals surface area contributed by atoms with Gasteiger partial charge in [0.15, 0.2) is 0 Å². The summed E-state index contributed by atoms with van der Waals surface area (Å²) in [4.78, 5) is 16.1. The quantitative estimate of drug-likeness (QED) is 0.534. The summed E-state index contributed by atoms with van der Waals surface area (Å²) in [6, 6.07) is 10.1. The number of nitrogens with zero attached hydrogens (tertiary/aromatic N) is 3. The highest BCUT2D eigenvalue weighted by Gasteiger charge is 2.41. The Hall–Kier alpha value is -2.30. The molecule has 0 saturated carbocycles. The molecule has 2 aliphatic rings. The lowest BCUT2D eigenvalue weighted by Crippen LogP contribution is -2.41. The number of hydrogen-bond acceptors (Lipinski definition) is 3. The Kier molecular flexibility index (Phi) is 7.12.